The van der Waals surface area contributed by atoms with E-state index in [9.17, 15) is 8.42 Å². The number of hydrogen-bond donors (Lipinski definition) is 1. The SMILES string of the molecule is Cc1ccc(CNC2CCCS(=O)(=O)C2)c(Br)c1. The summed E-state index contributed by atoms with van der Waals surface area (Å²) < 4.78 is 24.1. The highest BCUT2D eigenvalue weighted by atomic mass is 79.9. The Hall–Kier alpha value is -0.390. The fourth-order valence-electron chi connectivity index (χ4n) is 2.23. The zero-order valence-electron chi connectivity index (χ0n) is 10.4. The van der Waals surface area contributed by atoms with Crippen LogP contribution in [0.25, 0.3) is 0 Å². The zero-order chi connectivity index (χ0) is 13.2. The van der Waals surface area contributed by atoms with Crippen LogP contribution in [0.4, 0.5) is 0 Å². The molecule has 1 N–H and O–H groups in total. The number of nitrogens with one attached hydrogen (secondary N) is 1. The largest absolute Gasteiger partial charge is 0.309 e. The van der Waals surface area contributed by atoms with Crippen molar-refractivity contribution in [1.82, 2.24) is 5.32 Å². The minimum absolute atomic E-state index is 0.0944. The normalized spacial score (nSPS) is 22.9. The molecule has 1 heterocycles. The van der Waals surface area contributed by atoms with Crippen LogP contribution in [0.2, 0.25) is 0 Å². The van der Waals surface area contributed by atoms with Gasteiger partial charge in [0.1, 0.15) is 0 Å². The Morgan fingerprint density at radius 3 is 2.89 bits per heavy atom. The molecule has 18 heavy (non-hydrogen) atoms. The minimum Gasteiger partial charge on any atom is -0.309 e. The maximum atomic E-state index is 11.5. The molecule has 1 aromatic rings. The quantitative estimate of drug-likeness (QED) is 0.925. The smallest absolute Gasteiger partial charge is 0.151 e. The van der Waals surface area contributed by atoms with Gasteiger partial charge in [-0.3, -0.25) is 0 Å². The van der Waals surface area contributed by atoms with Crippen LogP contribution >= 0.6 is 15.9 Å². The summed E-state index contributed by atoms with van der Waals surface area (Å²) in [5.41, 5.74) is 2.38. The van der Waals surface area contributed by atoms with Crippen molar-refractivity contribution in [3.63, 3.8) is 0 Å². The Morgan fingerprint density at radius 1 is 1.44 bits per heavy atom. The van der Waals surface area contributed by atoms with Gasteiger partial charge < -0.3 is 5.32 Å². The molecule has 5 heteroatoms. The van der Waals surface area contributed by atoms with Gasteiger partial charge in [-0.1, -0.05) is 28.1 Å². The molecule has 1 aliphatic rings. The lowest BCUT2D eigenvalue weighted by Gasteiger charge is -2.23. The van der Waals surface area contributed by atoms with E-state index in [0.717, 1.165) is 17.3 Å². The average Bonchev–Trinajstić information content (AvgIpc) is 2.26. The predicted molar refractivity (Wildman–Crippen MR) is 77.4 cm³/mol. The first-order valence-electron chi connectivity index (χ1n) is 6.15. The molecule has 100 valence electrons. The fraction of sp³-hybridized carbons (Fsp3) is 0.538. The van der Waals surface area contributed by atoms with Crippen LogP contribution in [0.3, 0.4) is 0 Å². The maximum absolute atomic E-state index is 11.5. The molecule has 0 bridgehead atoms. The third kappa shape index (κ3) is 3.80. The molecular weight excluding hydrogens is 314 g/mol. The summed E-state index contributed by atoms with van der Waals surface area (Å²) in [6.07, 6.45) is 1.72. The number of benzene rings is 1. The Labute approximate surface area is 117 Å². The summed E-state index contributed by atoms with van der Waals surface area (Å²) in [4.78, 5) is 0. The topological polar surface area (TPSA) is 46.2 Å². The second-order valence-electron chi connectivity index (χ2n) is 4.93. The van der Waals surface area contributed by atoms with Crippen molar-refractivity contribution in [3.05, 3.63) is 33.8 Å². The highest BCUT2D eigenvalue weighted by Crippen LogP contribution is 2.19. The number of aryl methyl sites for hydroxylation is 1. The molecule has 0 radical (unpaired) electrons. The van der Waals surface area contributed by atoms with Crippen molar-refractivity contribution in [1.29, 1.82) is 0 Å². The van der Waals surface area contributed by atoms with Crippen LogP contribution in [0, 0.1) is 6.92 Å². The van der Waals surface area contributed by atoms with E-state index in [2.05, 4.69) is 46.4 Å². The molecule has 0 saturated carbocycles. The van der Waals surface area contributed by atoms with Gasteiger partial charge in [0.2, 0.25) is 0 Å². The summed E-state index contributed by atoms with van der Waals surface area (Å²) in [6.45, 7) is 2.76. The first-order valence-corrected chi connectivity index (χ1v) is 8.76. The van der Waals surface area contributed by atoms with Gasteiger partial charge in [0.15, 0.2) is 9.84 Å². The molecule has 0 aliphatic carbocycles. The molecule has 2 rings (SSSR count). The first-order chi connectivity index (χ1) is 8.46. The number of halogens is 1. The monoisotopic (exact) mass is 331 g/mol. The predicted octanol–water partition coefficient (Wildman–Crippen LogP) is 2.42. The van der Waals surface area contributed by atoms with E-state index in [1.54, 1.807) is 0 Å². The van der Waals surface area contributed by atoms with Crippen molar-refractivity contribution >= 4 is 25.8 Å². The van der Waals surface area contributed by atoms with Crippen LogP contribution in [0.1, 0.15) is 24.0 Å². The molecule has 3 nitrogen and oxygen atoms in total. The van der Waals surface area contributed by atoms with Crippen molar-refractivity contribution in [2.45, 2.75) is 32.4 Å². The molecule has 1 saturated heterocycles. The first kappa shape index (κ1) is 14.0. The molecule has 1 aromatic carbocycles. The molecule has 1 fully saturated rings. The van der Waals surface area contributed by atoms with Crippen LogP contribution in [-0.4, -0.2) is 26.0 Å². The zero-order valence-corrected chi connectivity index (χ0v) is 12.9. The van der Waals surface area contributed by atoms with Gasteiger partial charge in [0, 0.05) is 17.1 Å². The van der Waals surface area contributed by atoms with Crippen LogP contribution in [0.5, 0.6) is 0 Å². The van der Waals surface area contributed by atoms with Crippen molar-refractivity contribution in [3.8, 4) is 0 Å². The van der Waals surface area contributed by atoms with Gasteiger partial charge in [-0.05, 0) is 37.0 Å². The molecule has 1 aliphatic heterocycles. The maximum Gasteiger partial charge on any atom is 0.151 e. The molecule has 0 amide bonds. The Bertz CT molecular complexity index is 528. The van der Waals surface area contributed by atoms with Crippen molar-refractivity contribution < 1.29 is 8.42 Å². The number of rotatable bonds is 3. The summed E-state index contributed by atoms with van der Waals surface area (Å²) in [5.74, 6) is 0.621. The van der Waals surface area contributed by atoms with Gasteiger partial charge in [0.05, 0.1) is 11.5 Å². The van der Waals surface area contributed by atoms with Gasteiger partial charge in [-0.25, -0.2) is 8.42 Å². The third-order valence-electron chi connectivity index (χ3n) is 3.25. The standard InChI is InChI=1S/C13H18BrNO2S/c1-10-4-5-11(13(14)7-10)8-15-12-3-2-6-18(16,17)9-12/h4-5,7,12,15H,2-3,6,8-9H2,1H3. The van der Waals surface area contributed by atoms with E-state index < -0.39 is 9.84 Å². The van der Waals surface area contributed by atoms with Crippen LogP contribution in [0.15, 0.2) is 22.7 Å². The Balaban J connectivity index is 1.95. The lowest BCUT2D eigenvalue weighted by Crippen LogP contribution is -2.39. The van der Waals surface area contributed by atoms with Gasteiger partial charge in [-0.2, -0.15) is 0 Å². The minimum atomic E-state index is -2.83. The molecule has 1 atom stereocenters. The fourth-order valence-corrected chi connectivity index (χ4v) is 4.54. The van der Waals surface area contributed by atoms with E-state index in [1.165, 1.54) is 11.1 Å². The second-order valence-corrected chi connectivity index (χ2v) is 8.01. The molecule has 0 spiro atoms. The summed E-state index contributed by atoms with van der Waals surface area (Å²) in [6, 6.07) is 6.31. The van der Waals surface area contributed by atoms with E-state index in [1.807, 2.05) is 0 Å². The number of sulfone groups is 1. The Kier molecular flexibility index (Phi) is 4.45. The molecule has 0 aromatic heterocycles. The van der Waals surface area contributed by atoms with E-state index in [-0.39, 0.29) is 11.8 Å². The van der Waals surface area contributed by atoms with Crippen LogP contribution < -0.4 is 5.32 Å². The molecular formula is C13H18BrNO2S. The second kappa shape index (κ2) is 5.72. The average molecular weight is 332 g/mol. The summed E-state index contributed by atoms with van der Waals surface area (Å²) in [7, 11) is -2.83. The third-order valence-corrected chi connectivity index (χ3v) is 5.81. The van der Waals surface area contributed by atoms with E-state index in [0.29, 0.717) is 12.3 Å². The van der Waals surface area contributed by atoms with Gasteiger partial charge in [-0.15, -0.1) is 0 Å². The lowest BCUT2D eigenvalue weighted by atomic mass is 10.1. The molecule has 1 unspecified atom stereocenters. The van der Waals surface area contributed by atoms with E-state index >= 15 is 0 Å². The van der Waals surface area contributed by atoms with Crippen molar-refractivity contribution in [2.75, 3.05) is 11.5 Å². The number of hydrogen-bond acceptors (Lipinski definition) is 3. The van der Waals surface area contributed by atoms with E-state index in [4.69, 9.17) is 0 Å². The highest BCUT2D eigenvalue weighted by Gasteiger charge is 2.24. The van der Waals surface area contributed by atoms with Crippen molar-refractivity contribution in [2.24, 2.45) is 0 Å². The van der Waals surface area contributed by atoms with Gasteiger partial charge >= 0.3 is 0 Å². The summed E-state index contributed by atoms with van der Waals surface area (Å²) in [5, 5.41) is 3.34. The lowest BCUT2D eigenvalue weighted by molar-refractivity contribution is 0.480. The van der Waals surface area contributed by atoms with Crippen LogP contribution in [-0.2, 0) is 16.4 Å². The highest BCUT2D eigenvalue weighted by molar-refractivity contribution is 9.10. The Morgan fingerprint density at radius 2 is 2.22 bits per heavy atom. The summed E-state index contributed by atoms with van der Waals surface area (Å²) >= 11 is 3.54. The van der Waals surface area contributed by atoms with Gasteiger partial charge in [0.25, 0.3) is 0 Å².